The van der Waals surface area contributed by atoms with E-state index in [9.17, 15) is 14.7 Å². The number of amides is 1. The molecule has 0 saturated heterocycles. The fourth-order valence-corrected chi connectivity index (χ4v) is 4.35. The molecule has 1 unspecified atom stereocenters. The van der Waals surface area contributed by atoms with E-state index >= 15 is 0 Å². The lowest BCUT2D eigenvalue weighted by Crippen LogP contribution is -2.42. The first kappa shape index (κ1) is 21.1. The van der Waals surface area contributed by atoms with Crippen LogP contribution in [0.2, 0.25) is 0 Å². The van der Waals surface area contributed by atoms with Crippen LogP contribution in [0.5, 0.6) is 0 Å². The van der Waals surface area contributed by atoms with Crippen LogP contribution in [0.3, 0.4) is 0 Å². The lowest BCUT2D eigenvalue weighted by atomic mass is 9.79. The van der Waals surface area contributed by atoms with Crippen molar-refractivity contribution in [3.8, 4) is 0 Å². The Hall–Kier alpha value is -2.15. The fourth-order valence-electron chi connectivity index (χ4n) is 4.35. The third kappa shape index (κ3) is 5.94. The Labute approximate surface area is 178 Å². The Bertz CT molecular complexity index is 759. The SMILES string of the molecule is O=C(CC1CC1)NC(CCO[C@H]1C[C@H](CCc2ccc3c(n2)NCCC3)C1)C(=O)O. The monoisotopic (exact) mass is 415 g/mol. The Morgan fingerprint density at radius 3 is 2.87 bits per heavy atom. The number of nitrogens with zero attached hydrogens (tertiary/aromatic N) is 1. The van der Waals surface area contributed by atoms with Gasteiger partial charge in [-0.3, -0.25) is 4.79 Å². The molecule has 3 N–H and O–H groups in total. The molecule has 1 aromatic heterocycles. The number of pyridine rings is 1. The number of carbonyl (C=O) groups is 2. The van der Waals surface area contributed by atoms with Gasteiger partial charge in [0.1, 0.15) is 11.9 Å². The molecule has 2 saturated carbocycles. The minimum atomic E-state index is -0.985. The van der Waals surface area contributed by atoms with Crippen LogP contribution in [0.15, 0.2) is 12.1 Å². The molecule has 164 valence electrons. The normalized spacial score (nSPS) is 23.6. The Morgan fingerprint density at radius 2 is 2.10 bits per heavy atom. The Balaban J connectivity index is 1.10. The van der Waals surface area contributed by atoms with E-state index in [0.29, 0.717) is 31.3 Å². The number of aliphatic carboxylic acids is 1. The third-order valence-corrected chi connectivity index (χ3v) is 6.52. The van der Waals surface area contributed by atoms with Crippen LogP contribution in [0.4, 0.5) is 5.82 Å². The van der Waals surface area contributed by atoms with Gasteiger partial charge in [0.25, 0.3) is 0 Å². The lowest BCUT2D eigenvalue weighted by Gasteiger charge is -2.35. The zero-order chi connectivity index (χ0) is 20.9. The minimum absolute atomic E-state index is 0.153. The second kappa shape index (κ2) is 9.77. The molecule has 2 heterocycles. The summed E-state index contributed by atoms with van der Waals surface area (Å²) >= 11 is 0. The van der Waals surface area contributed by atoms with Crippen LogP contribution < -0.4 is 10.6 Å². The summed E-state index contributed by atoms with van der Waals surface area (Å²) in [5, 5.41) is 15.3. The van der Waals surface area contributed by atoms with E-state index in [-0.39, 0.29) is 12.0 Å². The summed E-state index contributed by atoms with van der Waals surface area (Å²) in [6.45, 7) is 1.38. The standard InChI is InChI=1S/C23H33N3O4/c27-21(14-15-3-4-15)26-20(23(28)29)9-11-30-19-12-16(13-19)5-7-18-8-6-17-2-1-10-24-22(17)25-18/h6,8,15-16,19-20H,1-5,7,9-14H2,(H,24,25)(H,26,27)(H,28,29)/t16-,19-,20?. The quantitative estimate of drug-likeness (QED) is 0.514. The molecule has 2 aliphatic carbocycles. The fraction of sp³-hybridized carbons (Fsp3) is 0.696. The number of fused-ring (bicyclic) bond motifs is 1. The van der Waals surface area contributed by atoms with Crippen LogP contribution >= 0.6 is 0 Å². The van der Waals surface area contributed by atoms with Crippen LogP contribution in [0.25, 0.3) is 0 Å². The van der Waals surface area contributed by atoms with E-state index in [1.54, 1.807) is 0 Å². The summed E-state index contributed by atoms with van der Waals surface area (Å²) in [6.07, 6.45) is 9.58. The summed E-state index contributed by atoms with van der Waals surface area (Å²) in [5.41, 5.74) is 2.48. The van der Waals surface area contributed by atoms with Crippen molar-refractivity contribution >= 4 is 17.7 Å². The molecule has 0 aromatic carbocycles. The Morgan fingerprint density at radius 1 is 1.27 bits per heavy atom. The number of carboxylic acids is 1. The molecule has 0 bridgehead atoms. The molecule has 1 aliphatic heterocycles. The van der Waals surface area contributed by atoms with Gasteiger partial charge in [-0.1, -0.05) is 6.07 Å². The number of nitrogens with one attached hydrogen (secondary N) is 2. The summed E-state index contributed by atoms with van der Waals surface area (Å²) in [4.78, 5) is 28.0. The van der Waals surface area contributed by atoms with Crippen LogP contribution in [-0.2, 0) is 27.2 Å². The van der Waals surface area contributed by atoms with Crippen LogP contribution in [-0.4, -0.2) is 47.3 Å². The number of carboxylic acid groups (broad SMARTS) is 1. The molecular formula is C23H33N3O4. The highest BCUT2D eigenvalue weighted by Crippen LogP contribution is 2.34. The van der Waals surface area contributed by atoms with E-state index in [1.165, 1.54) is 12.0 Å². The average Bonchev–Trinajstić information content (AvgIpc) is 3.51. The average molecular weight is 416 g/mol. The van der Waals surface area contributed by atoms with Gasteiger partial charge in [-0.2, -0.15) is 0 Å². The zero-order valence-corrected chi connectivity index (χ0v) is 17.6. The second-order valence-corrected chi connectivity index (χ2v) is 9.10. The molecule has 30 heavy (non-hydrogen) atoms. The number of aromatic nitrogens is 1. The predicted molar refractivity (Wildman–Crippen MR) is 113 cm³/mol. The molecule has 1 atom stereocenters. The van der Waals surface area contributed by atoms with Crippen molar-refractivity contribution in [1.82, 2.24) is 10.3 Å². The largest absolute Gasteiger partial charge is 0.480 e. The van der Waals surface area contributed by atoms with E-state index in [1.807, 2.05) is 0 Å². The summed E-state index contributed by atoms with van der Waals surface area (Å²) in [5.74, 6) is 1.02. The first-order valence-electron chi connectivity index (χ1n) is 11.4. The predicted octanol–water partition coefficient (Wildman–Crippen LogP) is 2.93. The molecule has 7 heteroatoms. The second-order valence-electron chi connectivity index (χ2n) is 9.10. The molecule has 1 amide bonds. The summed E-state index contributed by atoms with van der Waals surface area (Å²) in [6, 6.07) is 3.51. The maximum absolute atomic E-state index is 11.9. The highest BCUT2D eigenvalue weighted by molar-refractivity contribution is 5.83. The number of carbonyl (C=O) groups excluding carboxylic acids is 1. The summed E-state index contributed by atoms with van der Waals surface area (Å²) in [7, 11) is 0. The van der Waals surface area contributed by atoms with Crippen molar-refractivity contribution in [2.75, 3.05) is 18.5 Å². The van der Waals surface area contributed by atoms with Crippen molar-refractivity contribution < 1.29 is 19.4 Å². The number of ether oxygens (including phenoxy) is 1. The molecule has 0 radical (unpaired) electrons. The van der Waals surface area contributed by atoms with Gasteiger partial charge < -0.3 is 20.5 Å². The maximum atomic E-state index is 11.9. The number of hydrogen-bond donors (Lipinski definition) is 3. The molecule has 0 spiro atoms. The van der Waals surface area contributed by atoms with Gasteiger partial charge in [-0.05, 0) is 74.8 Å². The third-order valence-electron chi connectivity index (χ3n) is 6.52. The number of hydrogen-bond acceptors (Lipinski definition) is 5. The highest BCUT2D eigenvalue weighted by Gasteiger charge is 2.31. The van der Waals surface area contributed by atoms with Gasteiger partial charge in [0.15, 0.2) is 0 Å². The van der Waals surface area contributed by atoms with Crippen LogP contribution in [0, 0.1) is 11.8 Å². The van der Waals surface area contributed by atoms with Crippen molar-refractivity contribution in [2.45, 2.75) is 76.4 Å². The minimum Gasteiger partial charge on any atom is -0.480 e. The van der Waals surface area contributed by atoms with E-state index in [2.05, 4.69) is 22.8 Å². The maximum Gasteiger partial charge on any atom is 0.326 e. The molecule has 1 aromatic rings. The van der Waals surface area contributed by atoms with Gasteiger partial charge in [-0.15, -0.1) is 0 Å². The lowest BCUT2D eigenvalue weighted by molar-refractivity contribution is -0.142. The van der Waals surface area contributed by atoms with Gasteiger partial charge in [0.2, 0.25) is 5.91 Å². The number of anilines is 1. The highest BCUT2D eigenvalue weighted by atomic mass is 16.5. The van der Waals surface area contributed by atoms with Gasteiger partial charge >= 0.3 is 5.97 Å². The van der Waals surface area contributed by atoms with E-state index in [4.69, 9.17) is 9.72 Å². The topological polar surface area (TPSA) is 101 Å². The van der Waals surface area contributed by atoms with Gasteiger partial charge in [0.05, 0.1) is 6.10 Å². The van der Waals surface area contributed by atoms with Gasteiger partial charge in [-0.25, -0.2) is 9.78 Å². The number of rotatable bonds is 11. The van der Waals surface area contributed by atoms with Crippen molar-refractivity contribution in [2.24, 2.45) is 11.8 Å². The smallest absolute Gasteiger partial charge is 0.326 e. The molecule has 4 rings (SSSR count). The molecule has 7 nitrogen and oxygen atoms in total. The Kier molecular flexibility index (Phi) is 6.87. The first-order valence-corrected chi connectivity index (χ1v) is 11.4. The summed E-state index contributed by atoms with van der Waals surface area (Å²) < 4.78 is 5.85. The molecule has 3 aliphatic rings. The zero-order valence-electron chi connectivity index (χ0n) is 17.6. The first-order chi connectivity index (χ1) is 14.6. The van der Waals surface area contributed by atoms with Crippen molar-refractivity contribution in [3.05, 3.63) is 23.4 Å². The van der Waals surface area contributed by atoms with Crippen LogP contribution in [0.1, 0.15) is 62.6 Å². The van der Waals surface area contributed by atoms with E-state index < -0.39 is 12.0 Å². The van der Waals surface area contributed by atoms with Crippen molar-refractivity contribution in [3.63, 3.8) is 0 Å². The van der Waals surface area contributed by atoms with E-state index in [0.717, 1.165) is 63.0 Å². The van der Waals surface area contributed by atoms with Crippen molar-refractivity contribution in [1.29, 1.82) is 0 Å². The molecule has 2 fully saturated rings. The molecular weight excluding hydrogens is 382 g/mol. The number of aryl methyl sites for hydroxylation is 2. The van der Waals surface area contributed by atoms with Gasteiger partial charge in [0, 0.05) is 31.7 Å².